The second kappa shape index (κ2) is 8.95. The van der Waals surface area contributed by atoms with E-state index in [4.69, 9.17) is 4.55 Å². The fraction of sp³-hybridized carbons (Fsp3) is 0.143. The highest BCUT2D eigenvalue weighted by atomic mass is 32.3. The van der Waals surface area contributed by atoms with Crippen LogP contribution in [0.3, 0.4) is 0 Å². The van der Waals surface area contributed by atoms with E-state index in [-0.39, 0.29) is 5.69 Å². The summed E-state index contributed by atoms with van der Waals surface area (Å²) < 4.78 is 71.1. The smallest absolute Gasteiger partial charge is 0.282 e. The van der Waals surface area contributed by atoms with Gasteiger partial charge in [-0.3, -0.25) is 9.27 Å². The average molecular weight is 450 g/mol. The normalized spacial score (nSPS) is 13.0. The molecule has 6 nitrogen and oxygen atoms in total. The largest absolute Gasteiger partial charge is 0.342 e. The maximum atomic E-state index is 13.9. The van der Waals surface area contributed by atoms with Crippen molar-refractivity contribution in [2.75, 3.05) is 4.72 Å². The monoisotopic (exact) mass is 449 g/mol. The van der Waals surface area contributed by atoms with Gasteiger partial charge in [-0.2, -0.15) is 8.42 Å². The number of nitrogens with one attached hydrogen (secondary N) is 1. The molecule has 0 aliphatic carbocycles. The molecule has 0 aliphatic heterocycles. The summed E-state index contributed by atoms with van der Waals surface area (Å²) >= 11 is 0. The van der Waals surface area contributed by atoms with Crippen molar-refractivity contribution < 1.29 is 25.8 Å². The van der Waals surface area contributed by atoms with Crippen LogP contribution in [0.5, 0.6) is 0 Å². The lowest BCUT2D eigenvalue weighted by molar-refractivity contribution is 0.420. The van der Waals surface area contributed by atoms with E-state index < -0.39 is 25.0 Å². The minimum absolute atomic E-state index is 0.0542. The van der Waals surface area contributed by atoms with Gasteiger partial charge >= 0.3 is 15.0 Å². The number of benzene rings is 3. The Bertz CT molecular complexity index is 1210. The Morgan fingerprint density at radius 2 is 1.30 bits per heavy atom. The van der Waals surface area contributed by atoms with Crippen molar-refractivity contribution >= 4 is 25.8 Å². The van der Waals surface area contributed by atoms with E-state index in [1.165, 1.54) is 6.07 Å². The van der Waals surface area contributed by atoms with Crippen LogP contribution >= 0.6 is 0 Å². The first-order chi connectivity index (χ1) is 14.2. The van der Waals surface area contributed by atoms with E-state index in [1.54, 1.807) is 6.07 Å². The first-order valence-corrected chi connectivity index (χ1v) is 12.0. The van der Waals surface area contributed by atoms with Gasteiger partial charge in [-0.1, -0.05) is 72.8 Å². The molecule has 1 atom stereocenters. The Kier molecular flexibility index (Phi) is 6.55. The number of hydrogen-bond acceptors (Lipinski definition) is 4. The molecule has 0 spiro atoms. The quantitative estimate of drug-likeness (QED) is 0.510. The zero-order valence-corrected chi connectivity index (χ0v) is 17.4. The molecule has 9 heteroatoms. The fourth-order valence-electron chi connectivity index (χ4n) is 3.08. The van der Waals surface area contributed by atoms with E-state index >= 15 is 0 Å². The minimum atomic E-state index is -5.43. The Labute approximate surface area is 175 Å². The second-order valence-electron chi connectivity index (χ2n) is 6.70. The number of hydrogen-bond donors (Lipinski definition) is 2. The lowest BCUT2D eigenvalue weighted by atomic mass is 9.94. The van der Waals surface area contributed by atoms with Gasteiger partial charge in [0.05, 0.1) is 5.69 Å². The van der Waals surface area contributed by atoms with Gasteiger partial charge in [0.25, 0.3) is 10.0 Å². The molecule has 2 N–H and O–H groups in total. The zero-order valence-electron chi connectivity index (χ0n) is 15.8. The molecule has 0 aromatic heterocycles. The lowest BCUT2D eigenvalue weighted by Gasteiger charge is -2.18. The maximum absolute atomic E-state index is 13.9. The Hall–Kier alpha value is -2.75. The van der Waals surface area contributed by atoms with Crippen LogP contribution in [0.15, 0.2) is 78.9 Å². The number of alkyl halides is 1. The van der Waals surface area contributed by atoms with Crippen LogP contribution in [0.25, 0.3) is 0 Å². The van der Waals surface area contributed by atoms with Gasteiger partial charge in [0, 0.05) is 0 Å². The first kappa shape index (κ1) is 21.9. The van der Waals surface area contributed by atoms with Crippen LogP contribution in [-0.2, 0) is 33.0 Å². The van der Waals surface area contributed by atoms with Gasteiger partial charge in [-0.15, -0.1) is 0 Å². The minimum Gasteiger partial charge on any atom is -0.282 e. The van der Waals surface area contributed by atoms with E-state index in [0.29, 0.717) is 18.4 Å². The fourth-order valence-corrected chi connectivity index (χ4v) is 5.10. The highest BCUT2D eigenvalue weighted by Gasteiger charge is 2.37. The molecule has 0 aliphatic rings. The van der Waals surface area contributed by atoms with Gasteiger partial charge in [0.15, 0.2) is 0 Å². The van der Waals surface area contributed by atoms with Gasteiger partial charge < -0.3 is 0 Å². The van der Waals surface area contributed by atoms with E-state index in [1.807, 2.05) is 71.5 Å². The van der Waals surface area contributed by atoms with Crippen molar-refractivity contribution in [3.05, 3.63) is 101 Å². The number of rotatable bonds is 8. The van der Waals surface area contributed by atoms with E-state index in [0.717, 1.165) is 16.7 Å². The number of anilines is 1. The van der Waals surface area contributed by atoms with Gasteiger partial charge in [-0.25, -0.2) is 12.8 Å². The van der Waals surface area contributed by atoms with Crippen molar-refractivity contribution in [1.82, 2.24) is 0 Å². The first-order valence-electron chi connectivity index (χ1n) is 8.97. The predicted octanol–water partition coefficient (Wildman–Crippen LogP) is 3.75. The molecule has 158 valence electrons. The molecule has 3 aromatic rings. The SMILES string of the molecule is O=S(=O)(O)C(F)S(=O)(=O)Nc1cccc(Cc2ccccc2)c1Cc1ccccc1. The van der Waals surface area contributed by atoms with Crippen LogP contribution in [0.4, 0.5) is 10.1 Å². The summed E-state index contributed by atoms with van der Waals surface area (Å²) in [5, 5.41) is 0. The molecule has 0 amide bonds. The molecular formula is C21H20FNO5S2. The van der Waals surface area contributed by atoms with Gasteiger partial charge in [-0.05, 0) is 41.2 Å². The Morgan fingerprint density at radius 3 is 1.83 bits per heavy atom. The van der Waals surface area contributed by atoms with Crippen molar-refractivity contribution in [2.45, 2.75) is 17.7 Å². The summed E-state index contributed by atoms with van der Waals surface area (Å²) in [4.78, 5) is -3.49. The van der Waals surface area contributed by atoms with Crippen LogP contribution < -0.4 is 4.72 Å². The van der Waals surface area contributed by atoms with Crippen LogP contribution in [-0.4, -0.2) is 26.2 Å². The molecule has 1 unspecified atom stereocenters. The zero-order chi connectivity index (χ0) is 21.8. The van der Waals surface area contributed by atoms with Gasteiger partial charge in [0.2, 0.25) is 0 Å². The highest BCUT2D eigenvalue weighted by molar-refractivity contribution is 8.07. The third kappa shape index (κ3) is 5.44. The standard InChI is InChI=1S/C21H20FNO5S2/c22-21(30(26,27)28)29(24,25)23-20-13-7-12-18(14-16-8-3-1-4-9-16)19(20)15-17-10-5-2-6-11-17/h1-13,21,23H,14-15H2,(H,26,27,28). The molecule has 0 heterocycles. The van der Waals surface area contributed by atoms with Crippen molar-refractivity contribution in [3.63, 3.8) is 0 Å². The highest BCUT2D eigenvalue weighted by Crippen LogP contribution is 2.28. The topological polar surface area (TPSA) is 101 Å². The second-order valence-corrected chi connectivity index (χ2v) is 10.2. The summed E-state index contributed by atoms with van der Waals surface area (Å²) in [6.07, 6.45) is 0.834. The average Bonchev–Trinajstić information content (AvgIpc) is 2.70. The van der Waals surface area contributed by atoms with Crippen LogP contribution in [0, 0.1) is 0 Å². The summed E-state index contributed by atoms with van der Waals surface area (Å²) in [5.74, 6) is 0. The van der Waals surface area contributed by atoms with E-state index in [9.17, 15) is 21.2 Å². The molecule has 0 radical (unpaired) electrons. The summed E-state index contributed by atoms with van der Waals surface area (Å²) in [5.41, 5.74) is 3.32. The van der Waals surface area contributed by atoms with Crippen LogP contribution in [0.2, 0.25) is 0 Å². The third-order valence-electron chi connectivity index (χ3n) is 4.46. The summed E-state index contributed by atoms with van der Waals surface area (Å²) in [6.45, 7) is 0. The Balaban J connectivity index is 2.04. The Morgan fingerprint density at radius 1 is 0.767 bits per heavy atom. The van der Waals surface area contributed by atoms with Crippen LogP contribution in [0.1, 0.15) is 22.3 Å². The molecular weight excluding hydrogens is 429 g/mol. The predicted molar refractivity (Wildman–Crippen MR) is 114 cm³/mol. The number of halogens is 1. The van der Waals surface area contributed by atoms with Crippen molar-refractivity contribution in [1.29, 1.82) is 0 Å². The molecule has 30 heavy (non-hydrogen) atoms. The molecule has 0 saturated heterocycles. The molecule has 3 aromatic carbocycles. The molecule has 0 bridgehead atoms. The summed E-state index contributed by atoms with van der Waals surface area (Å²) in [7, 11) is -10.5. The van der Waals surface area contributed by atoms with Gasteiger partial charge in [0.1, 0.15) is 0 Å². The van der Waals surface area contributed by atoms with Crippen molar-refractivity contribution in [3.8, 4) is 0 Å². The lowest BCUT2D eigenvalue weighted by Crippen LogP contribution is -2.31. The number of sulfonamides is 1. The van der Waals surface area contributed by atoms with E-state index in [2.05, 4.69) is 0 Å². The third-order valence-corrected chi connectivity index (χ3v) is 7.41. The summed E-state index contributed by atoms with van der Waals surface area (Å²) in [6, 6.07) is 23.7. The molecule has 3 rings (SSSR count). The molecule has 0 fully saturated rings. The molecule has 0 saturated carbocycles. The maximum Gasteiger partial charge on any atom is 0.342 e. The van der Waals surface area contributed by atoms with Crippen molar-refractivity contribution in [2.24, 2.45) is 0 Å².